The highest BCUT2D eigenvalue weighted by Gasteiger charge is 2.41. The fourth-order valence-corrected chi connectivity index (χ4v) is 1.90. The first kappa shape index (κ1) is 7.25. The Labute approximate surface area is 70.5 Å². The largest absolute Gasteiger partial charge is 0.330 e. The summed E-state index contributed by atoms with van der Waals surface area (Å²) in [6, 6.07) is 0. The Morgan fingerprint density at radius 1 is 1.64 bits per heavy atom. The molecule has 2 N–H and O–H groups in total. The molecule has 11 heavy (non-hydrogen) atoms. The van der Waals surface area contributed by atoms with Crippen molar-refractivity contribution in [3.05, 3.63) is 16.6 Å². The van der Waals surface area contributed by atoms with Gasteiger partial charge in [-0.2, -0.15) is 0 Å². The molecule has 0 bridgehead atoms. The van der Waals surface area contributed by atoms with Crippen LogP contribution in [-0.2, 0) is 6.42 Å². The fraction of sp³-hybridized carbons (Fsp3) is 0.625. The van der Waals surface area contributed by atoms with Gasteiger partial charge in [0.2, 0.25) is 0 Å². The van der Waals surface area contributed by atoms with Crippen LogP contribution in [0.2, 0.25) is 0 Å². The molecule has 1 fully saturated rings. The minimum Gasteiger partial charge on any atom is -0.330 e. The topological polar surface area (TPSA) is 38.9 Å². The molecular formula is C8H12N2S. The Bertz CT molecular complexity index is 226. The molecule has 1 aliphatic carbocycles. The highest BCUT2D eigenvalue weighted by Crippen LogP contribution is 2.47. The van der Waals surface area contributed by atoms with Crippen LogP contribution in [0.4, 0.5) is 0 Å². The number of nitrogens with two attached hydrogens (primary N) is 1. The molecule has 0 atom stereocenters. The van der Waals surface area contributed by atoms with Crippen molar-refractivity contribution in [3.8, 4) is 0 Å². The van der Waals surface area contributed by atoms with E-state index in [9.17, 15) is 0 Å². The summed E-state index contributed by atoms with van der Waals surface area (Å²) >= 11 is 1.67. The number of hydrogen-bond acceptors (Lipinski definition) is 3. The van der Waals surface area contributed by atoms with Gasteiger partial charge in [-0.05, 0) is 31.2 Å². The van der Waals surface area contributed by atoms with Crippen LogP contribution in [0.3, 0.4) is 0 Å². The van der Waals surface area contributed by atoms with Gasteiger partial charge in [0.05, 0.1) is 11.2 Å². The predicted molar refractivity (Wildman–Crippen MR) is 46.5 cm³/mol. The summed E-state index contributed by atoms with van der Waals surface area (Å²) in [5.74, 6) is 0. The van der Waals surface area contributed by atoms with Crippen molar-refractivity contribution in [1.29, 1.82) is 0 Å². The van der Waals surface area contributed by atoms with Gasteiger partial charge in [0.1, 0.15) is 0 Å². The SMILES string of the molecule is NCC1(Cc2cscn2)CC1. The third-order valence-electron chi connectivity index (χ3n) is 2.43. The summed E-state index contributed by atoms with van der Waals surface area (Å²) < 4.78 is 0. The first-order valence-electron chi connectivity index (χ1n) is 3.92. The highest BCUT2D eigenvalue weighted by molar-refractivity contribution is 7.07. The minimum atomic E-state index is 0.439. The smallest absolute Gasteiger partial charge is 0.0794 e. The van der Waals surface area contributed by atoms with Crippen LogP contribution in [0, 0.1) is 5.41 Å². The monoisotopic (exact) mass is 168 g/mol. The van der Waals surface area contributed by atoms with E-state index in [1.54, 1.807) is 11.3 Å². The van der Waals surface area contributed by atoms with Crippen LogP contribution >= 0.6 is 11.3 Å². The van der Waals surface area contributed by atoms with E-state index in [1.807, 2.05) is 5.51 Å². The lowest BCUT2D eigenvalue weighted by Gasteiger charge is -2.08. The molecule has 0 saturated heterocycles. The van der Waals surface area contributed by atoms with Crippen LogP contribution in [0.5, 0.6) is 0 Å². The van der Waals surface area contributed by atoms with Gasteiger partial charge in [-0.15, -0.1) is 11.3 Å². The quantitative estimate of drug-likeness (QED) is 0.741. The van der Waals surface area contributed by atoms with Crippen molar-refractivity contribution in [1.82, 2.24) is 4.98 Å². The van der Waals surface area contributed by atoms with Crippen LogP contribution in [-0.4, -0.2) is 11.5 Å². The van der Waals surface area contributed by atoms with Crippen molar-refractivity contribution >= 4 is 11.3 Å². The maximum atomic E-state index is 5.66. The van der Waals surface area contributed by atoms with Gasteiger partial charge in [0.25, 0.3) is 0 Å². The van der Waals surface area contributed by atoms with E-state index in [1.165, 1.54) is 18.5 Å². The number of hydrogen-bond donors (Lipinski definition) is 1. The Balaban J connectivity index is 2.01. The summed E-state index contributed by atoms with van der Waals surface area (Å²) in [5.41, 5.74) is 9.21. The third kappa shape index (κ3) is 1.44. The fourth-order valence-electron chi connectivity index (χ4n) is 1.34. The van der Waals surface area contributed by atoms with Crippen LogP contribution < -0.4 is 5.73 Å². The van der Waals surface area contributed by atoms with Crippen molar-refractivity contribution in [2.24, 2.45) is 11.1 Å². The summed E-state index contributed by atoms with van der Waals surface area (Å²) in [5, 5.41) is 2.12. The zero-order chi connectivity index (χ0) is 7.73. The maximum absolute atomic E-state index is 5.66. The third-order valence-corrected chi connectivity index (χ3v) is 3.06. The van der Waals surface area contributed by atoms with Crippen molar-refractivity contribution in [3.63, 3.8) is 0 Å². The van der Waals surface area contributed by atoms with E-state index in [0.29, 0.717) is 5.41 Å². The lowest BCUT2D eigenvalue weighted by atomic mass is 10.0. The van der Waals surface area contributed by atoms with E-state index < -0.39 is 0 Å². The van der Waals surface area contributed by atoms with Gasteiger partial charge in [-0.1, -0.05) is 0 Å². The Hall–Kier alpha value is -0.410. The molecule has 60 valence electrons. The second-order valence-corrected chi connectivity index (χ2v) is 4.08. The lowest BCUT2D eigenvalue weighted by Crippen LogP contribution is -2.17. The van der Waals surface area contributed by atoms with Crippen molar-refractivity contribution in [2.75, 3.05) is 6.54 Å². The van der Waals surface area contributed by atoms with Gasteiger partial charge in [0.15, 0.2) is 0 Å². The molecular weight excluding hydrogens is 156 g/mol. The van der Waals surface area contributed by atoms with Crippen LogP contribution in [0.15, 0.2) is 10.9 Å². The summed E-state index contributed by atoms with van der Waals surface area (Å²) in [7, 11) is 0. The predicted octanol–water partition coefficient (Wildman–Crippen LogP) is 1.42. The van der Waals surface area contributed by atoms with Crippen molar-refractivity contribution in [2.45, 2.75) is 19.3 Å². The van der Waals surface area contributed by atoms with E-state index in [-0.39, 0.29) is 0 Å². The molecule has 0 amide bonds. The molecule has 0 unspecified atom stereocenters. The second-order valence-electron chi connectivity index (χ2n) is 3.36. The minimum absolute atomic E-state index is 0.439. The van der Waals surface area contributed by atoms with Gasteiger partial charge >= 0.3 is 0 Å². The molecule has 1 aliphatic rings. The zero-order valence-corrected chi connectivity index (χ0v) is 7.23. The molecule has 0 radical (unpaired) electrons. The summed E-state index contributed by atoms with van der Waals surface area (Å²) in [4.78, 5) is 4.25. The van der Waals surface area contributed by atoms with E-state index in [2.05, 4.69) is 10.4 Å². The number of thiazole rings is 1. The maximum Gasteiger partial charge on any atom is 0.0794 e. The molecule has 0 aliphatic heterocycles. The first-order valence-corrected chi connectivity index (χ1v) is 4.86. The average molecular weight is 168 g/mol. The summed E-state index contributed by atoms with van der Waals surface area (Å²) in [6.45, 7) is 0.824. The molecule has 1 saturated carbocycles. The molecule has 2 nitrogen and oxygen atoms in total. The molecule has 2 rings (SSSR count). The number of aromatic nitrogens is 1. The molecule has 1 aromatic rings. The standard InChI is InChI=1S/C8H12N2S/c9-5-8(1-2-8)3-7-4-11-6-10-7/h4,6H,1-3,5,9H2. The van der Waals surface area contributed by atoms with Gasteiger partial charge in [-0.3, -0.25) is 0 Å². The van der Waals surface area contributed by atoms with Crippen LogP contribution in [0.25, 0.3) is 0 Å². The van der Waals surface area contributed by atoms with Crippen LogP contribution in [0.1, 0.15) is 18.5 Å². The van der Waals surface area contributed by atoms with Crippen molar-refractivity contribution < 1.29 is 0 Å². The molecule has 0 aromatic carbocycles. The van der Waals surface area contributed by atoms with Gasteiger partial charge in [-0.25, -0.2) is 4.98 Å². The molecule has 0 spiro atoms. The zero-order valence-electron chi connectivity index (χ0n) is 6.42. The highest BCUT2D eigenvalue weighted by atomic mass is 32.1. The summed E-state index contributed by atoms with van der Waals surface area (Å²) in [6.07, 6.45) is 3.68. The van der Waals surface area contributed by atoms with E-state index >= 15 is 0 Å². The number of nitrogens with zero attached hydrogens (tertiary/aromatic N) is 1. The average Bonchev–Trinajstić information content (AvgIpc) is 2.59. The Morgan fingerprint density at radius 3 is 2.91 bits per heavy atom. The van der Waals surface area contributed by atoms with Gasteiger partial charge in [0, 0.05) is 5.38 Å². The first-order chi connectivity index (χ1) is 5.35. The van der Waals surface area contributed by atoms with E-state index in [4.69, 9.17) is 5.73 Å². The molecule has 1 heterocycles. The second kappa shape index (κ2) is 2.57. The molecule has 1 aromatic heterocycles. The number of rotatable bonds is 3. The Morgan fingerprint density at radius 2 is 2.45 bits per heavy atom. The normalized spacial score (nSPS) is 20.1. The Kier molecular flexibility index (Phi) is 1.69. The van der Waals surface area contributed by atoms with Gasteiger partial charge < -0.3 is 5.73 Å². The van der Waals surface area contributed by atoms with E-state index in [0.717, 1.165) is 13.0 Å². The lowest BCUT2D eigenvalue weighted by molar-refractivity contribution is 0.515. The molecule has 3 heteroatoms.